The molecule has 1 aromatic rings. The van der Waals surface area contributed by atoms with Gasteiger partial charge in [0.15, 0.2) is 0 Å². The maximum atomic E-state index is 9.02. The number of anilines is 1. The van der Waals surface area contributed by atoms with Crippen LogP contribution in [0.3, 0.4) is 0 Å². The van der Waals surface area contributed by atoms with Gasteiger partial charge in [-0.2, -0.15) is 0 Å². The van der Waals surface area contributed by atoms with Crippen LogP contribution >= 0.6 is 24.2 Å². The van der Waals surface area contributed by atoms with Crippen molar-refractivity contribution in [3.63, 3.8) is 0 Å². The summed E-state index contributed by atoms with van der Waals surface area (Å²) >= 11 is 1.76. The highest BCUT2D eigenvalue weighted by Gasteiger charge is 2.19. The number of nitrogens with two attached hydrogens (primary N) is 1. The third-order valence-electron chi connectivity index (χ3n) is 2.81. The van der Waals surface area contributed by atoms with Gasteiger partial charge >= 0.3 is 0 Å². The summed E-state index contributed by atoms with van der Waals surface area (Å²) in [5.41, 5.74) is 6.47. The Hall–Kier alpha value is -0.460. The van der Waals surface area contributed by atoms with Crippen LogP contribution in [-0.4, -0.2) is 49.0 Å². The summed E-state index contributed by atoms with van der Waals surface area (Å²) in [4.78, 5) is 4.83. The smallest absolute Gasteiger partial charge is 0.0639 e. The lowest BCUT2D eigenvalue weighted by atomic mass is 10.3. The minimum absolute atomic E-state index is 0. The third-order valence-corrected chi connectivity index (χ3v) is 3.82. The highest BCUT2D eigenvalue weighted by atomic mass is 35.5. The standard InChI is InChI=1S/C7H15NO2.C6H5NS.ClH/c1-7(9)6-8-2-4-10-5-3-8;7-4-2-1-3-5-6(4)8-5;/h7,9H,2-6H2,1H3;1-3H,7H2;1H. The number of hydrogen-bond donors (Lipinski definition) is 2. The molecule has 1 fully saturated rings. The molecule has 0 aliphatic carbocycles. The summed E-state index contributed by atoms with van der Waals surface area (Å²) < 4.78 is 5.16. The van der Waals surface area contributed by atoms with Crippen LogP contribution in [0.5, 0.6) is 0 Å². The van der Waals surface area contributed by atoms with Crippen LogP contribution in [0.4, 0.5) is 5.69 Å². The summed E-state index contributed by atoms with van der Waals surface area (Å²) in [6, 6.07) is 5.99. The fourth-order valence-corrected chi connectivity index (χ4v) is 2.55. The fourth-order valence-electron chi connectivity index (χ4n) is 1.87. The first-order valence-electron chi connectivity index (χ1n) is 6.21. The minimum Gasteiger partial charge on any atom is -0.398 e. The molecule has 3 N–H and O–H groups in total. The zero-order valence-corrected chi connectivity index (χ0v) is 12.7. The molecule has 6 heteroatoms. The van der Waals surface area contributed by atoms with E-state index in [1.807, 2.05) is 19.1 Å². The molecule has 0 radical (unpaired) electrons. The molecule has 2 aliphatic rings. The molecule has 0 saturated carbocycles. The van der Waals surface area contributed by atoms with Crippen molar-refractivity contribution in [2.24, 2.45) is 0 Å². The van der Waals surface area contributed by atoms with Gasteiger partial charge in [0.05, 0.1) is 19.3 Å². The van der Waals surface area contributed by atoms with Gasteiger partial charge in [0, 0.05) is 35.1 Å². The van der Waals surface area contributed by atoms with Crippen LogP contribution < -0.4 is 5.73 Å². The topological polar surface area (TPSA) is 58.7 Å². The van der Waals surface area contributed by atoms with Gasteiger partial charge in [0.25, 0.3) is 0 Å². The average Bonchev–Trinajstić information content (AvgIpc) is 3.11. The van der Waals surface area contributed by atoms with E-state index >= 15 is 0 Å². The van der Waals surface area contributed by atoms with E-state index in [9.17, 15) is 0 Å². The number of ether oxygens (including phenoxy) is 1. The molecule has 19 heavy (non-hydrogen) atoms. The Labute approximate surface area is 124 Å². The molecule has 1 saturated heterocycles. The van der Waals surface area contributed by atoms with Crippen LogP contribution in [0.25, 0.3) is 0 Å². The zero-order chi connectivity index (χ0) is 13.0. The fraction of sp³-hybridized carbons (Fsp3) is 0.538. The lowest BCUT2D eigenvalue weighted by molar-refractivity contribution is 0.0181. The van der Waals surface area contributed by atoms with Gasteiger partial charge < -0.3 is 15.6 Å². The Morgan fingerprint density at radius 3 is 2.63 bits per heavy atom. The minimum atomic E-state index is -0.210. The molecule has 0 bridgehead atoms. The van der Waals surface area contributed by atoms with Gasteiger partial charge in [0.2, 0.25) is 0 Å². The van der Waals surface area contributed by atoms with Gasteiger partial charge in [-0.25, -0.2) is 0 Å². The second-order valence-corrected chi connectivity index (χ2v) is 5.59. The Morgan fingerprint density at radius 2 is 2.11 bits per heavy atom. The van der Waals surface area contributed by atoms with E-state index in [1.54, 1.807) is 11.8 Å². The van der Waals surface area contributed by atoms with Crippen molar-refractivity contribution in [3.8, 4) is 0 Å². The van der Waals surface area contributed by atoms with Crippen LogP contribution in [0.2, 0.25) is 0 Å². The predicted octanol–water partition coefficient (Wildman–Crippen LogP) is 1.85. The first-order valence-corrected chi connectivity index (χ1v) is 7.03. The molecule has 2 heterocycles. The number of nitrogens with zero attached hydrogens (tertiary/aromatic N) is 1. The van der Waals surface area contributed by atoms with Crippen molar-refractivity contribution in [3.05, 3.63) is 18.2 Å². The van der Waals surface area contributed by atoms with E-state index in [0.717, 1.165) is 38.5 Å². The van der Waals surface area contributed by atoms with E-state index < -0.39 is 0 Å². The van der Waals surface area contributed by atoms with E-state index in [2.05, 4.69) is 11.0 Å². The van der Waals surface area contributed by atoms with Gasteiger partial charge in [-0.15, -0.1) is 12.4 Å². The summed E-state index contributed by atoms with van der Waals surface area (Å²) in [6.07, 6.45) is -0.210. The molecule has 2 aliphatic heterocycles. The summed E-state index contributed by atoms with van der Waals surface area (Å²) in [5.74, 6) is 0. The molecular weight excluding hydrogens is 284 g/mol. The highest BCUT2D eigenvalue weighted by molar-refractivity contribution is 8.05. The number of rotatable bonds is 2. The van der Waals surface area contributed by atoms with Gasteiger partial charge in [0.1, 0.15) is 0 Å². The monoisotopic (exact) mass is 304 g/mol. The SMILES string of the molecule is CC(O)CN1CCOCC1.Cl.Nc1cccc2c1S2. The van der Waals surface area contributed by atoms with Crippen LogP contribution in [-0.2, 0) is 4.74 Å². The molecule has 0 spiro atoms. The second-order valence-electron chi connectivity index (χ2n) is 4.54. The lowest BCUT2D eigenvalue weighted by Gasteiger charge is -2.27. The Balaban J connectivity index is 0.000000183. The van der Waals surface area contributed by atoms with E-state index in [1.165, 1.54) is 9.79 Å². The van der Waals surface area contributed by atoms with Gasteiger partial charge in [-0.1, -0.05) is 17.8 Å². The Bertz CT molecular complexity index is 398. The van der Waals surface area contributed by atoms with Gasteiger partial charge in [-0.3, -0.25) is 4.90 Å². The third kappa shape index (κ3) is 5.58. The van der Waals surface area contributed by atoms with Crippen LogP contribution in [0.1, 0.15) is 6.92 Å². The molecular formula is C13H21ClN2O2S. The largest absolute Gasteiger partial charge is 0.398 e. The number of β-amino-alcohol motifs (C(OH)–C–C–N with tert-alkyl or cyclic N) is 1. The van der Waals surface area contributed by atoms with Crippen LogP contribution in [0.15, 0.2) is 28.0 Å². The normalized spacial score (nSPS) is 18.4. The first kappa shape index (κ1) is 16.6. The molecule has 0 aromatic heterocycles. The average molecular weight is 305 g/mol. The molecule has 1 aromatic carbocycles. The molecule has 1 atom stereocenters. The summed E-state index contributed by atoms with van der Waals surface area (Å²) in [7, 11) is 0. The molecule has 4 nitrogen and oxygen atoms in total. The maximum Gasteiger partial charge on any atom is 0.0639 e. The highest BCUT2D eigenvalue weighted by Crippen LogP contribution is 2.51. The van der Waals surface area contributed by atoms with E-state index in [4.69, 9.17) is 15.6 Å². The summed E-state index contributed by atoms with van der Waals surface area (Å²) in [6.45, 7) is 6.15. The Morgan fingerprint density at radius 1 is 1.42 bits per heavy atom. The van der Waals surface area contributed by atoms with Crippen molar-refractivity contribution in [1.82, 2.24) is 4.90 Å². The number of hydrogen-bond acceptors (Lipinski definition) is 5. The van der Waals surface area contributed by atoms with E-state index in [0.29, 0.717) is 0 Å². The number of aliphatic hydroxyl groups excluding tert-OH is 1. The molecule has 1 unspecified atom stereocenters. The molecule has 108 valence electrons. The van der Waals surface area contributed by atoms with Crippen LogP contribution in [0, 0.1) is 0 Å². The number of aliphatic hydroxyl groups is 1. The number of halogens is 1. The predicted molar refractivity (Wildman–Crippen MR) is 81.2 cm³/mol. The maximum absolute atomic E-state index is 9.02. The quantitative estimate of drug-likeness (QED) is 0.655. The Kier molecular flexibility index (Phi) is 6.96. The number of morpholine rings is 1. The molecule has 3 rings (SSSR count). The first-order chi connectivity index (χ1) is 8.66. The van der Waals surface area contributed by atoms with Crippen molar-refractivity contribution < 1.29 is 9.84 Å². The zero-order valence-electron chi connectivity index (χ0n) is 11.0. The number of benzene rings is 1. The van der Waals surface area contributed by atoms with E-state index in [-0.39, 0.29) is 18.5 Å². The summed E-state index contributed by atoms with van der Waals surface area (Å²) in [5, 5.41) is 9.02. The van der Waals surface area contributed by atoms with Crippen molar-refractivity contribution in [1.29, 1.82) is 0 Å². The number of nitrogen functional groups attached to an aromatic ring is 1. The van der Waals surface area contributed by atoms with Crippen molar-refractivity contribution >= 4 is 29.9 Å². The second kappa shape index (κ2) is 7.97. The lowest BCUT2D eigenvalue weighted by Crippen LogP contribution is -2.40. The number of fused-ring (bicyclic) bond motifs is 1. The molecule has 0 amide bonds. The van der Waals surface area contributed by atoms with Crippen molar-refractivity contribution in [2.45, 2.75) is 22.8 Å². The van der Waals surface area contributed by atoms with Gasteiger partial charge in [-0.05, 0) is 19.1 Å². The van der Waals surface area contributed by atoms with Crippen molar-refractivity contribution in [2.75, 3.05) is 38.6 Å².